The molecule has 1 aliphatic heterocycles. The number of halogens is 1. The van der Waals surface area contributed by atoms with Gasteiger partial charge in [0, 0.05) is 29.6 Å². The molecule has 3 rings (SSSR count). The molecule has 0 bridgehead atoms. The molecule has 1 saturated heterocycles. The molecule has 0 unspecified atom stereocenters. The lowest BCUT2D eigenvalue weighted by molar-refractivity contribution is 0.0786. The van der Waals surface area contributed by atoms with Crippen LogP contribution in [0.25, 0.3) is 0 Å². The number of nitrogens with zero attached hydrogens (tertiary/aromatic N) is 1. The number of carbonyl (C=O) groups is 1. The third-order valence-electron chi connectivity index (χ3n) is 4.35. The molecule has 2 atom stereocenters. The van der Waals surface area contributed by atoms with Gasteiger partial charge in [0.1, 0.15) is 0 Å². The second-order valence-corrected chi connectivity index (χ2v) is 6.17. The molecule has 0 spiro atoms. The molecule has 2 N–H and O–H groups in total. The molecule has 0 radical (unpaired) electrons. The zero-order valence-electron chi connectivity index (χ0n) is 12.3. The molecule has 22 heavy (non-hydrogen) atoms. The van der Waals surface area contributed by atoms with Gasteiger partial charge in [0.2, 0.25) is 0 Å². The fraction of sp³-hybridized carbons (Fsp3) is 0.278. The maximum absolute atomic E-state index is 12.6. The van der Waals surface area contributed by atoms with Crippen molar-refractivity contribution in [3.05, 3.63) is 70.7 Å². The fourth-order valence-electron chi connectivity index (χ4n) is 3.13. The van der Waals surface area contributed by atoms with Gasteiger partial charge in [-0.1, -0.05) is 41.9 Å². The van der Waals surface area contributed by atoms with Crippen LogP contribution in [0, 0.1) is 5.92 Å². The van der Waals surface area contributed by atoms with Gasteiger partial charge in [-0.2, -0.15) is 0 Å². The second kappa shape index (κ2) is 6.51. The second-order valence-electron chi connectivity index (χ2n) is 5.73. The predicted molar refractivity (Wildman–Crippen MR) is 89.1 cm³/mol. The van der Waals surface area contributed by atoms with Gasteiger partial charge in [-0.15, -0.1) is 0 Å². The summed E-state index contributed by atoms with van der Waals surface area (Å²) in [5, 5.41) is 0.639. The van der Waals surface area contributed by atoms with Crippen molar-refractivity contribution >= 4 is 17.5 Å². The van der Waals surface area contributed by atoms with Crippen LogP contribution >= 0.6 is 11.6 Å². The highest BCUT2D eigenvalue weighted by atomic mass is 35.5. The van der Waals surface area contributed by atoms with Crippen molar-refractivity contribution in [2.45, 2.75) is 5.92 Å². The summed E-state index contributed by atoms with van der Waals surface area (Å²) in [6, 6.07) is 17.4. The van der Waals surface area contributed by atoms with E-state index < -0.39 is 0 Å². The van der Waals surface area contributed by atoms with Gasteiger partial charge in [0.05, 0.1) is 0 Å². The molecule has 1 amide bonds. The van der Waals surface area contributed by atoms with Gasteiger partial charge < -0.3 is 10.6 Å². The molecular weight excluding hydrogens is 296 g/mol. The number of carbonyl (C=O) groups excluding carboxylic acids is 1. The molecule has 0 aromatic heterocycles. The van der Waals surface area contributed by atoms with Gasteiger partial charge in [-0.25, -0.2) is 0 Å². The van der Waals surface area contributed by atoms with Crippen LogP contribution in [0.1, 0.15) is 21.8 Å². The summed E-state index contributed by atoms with van der Waals surface area (Å²) in [6.45, 7) is 2.01. The van der Waals surface area contributed by atoms with E-state index >= 15 is 0 Å². The normalized spacial score (nSPS) is 21.1. The number of hydrogen-bond donors (Lipinski definition) is 1. The lowest BCUT2D eigenvalue weighted by Crippen LogP contribution is -2.29. The van der Waals surface area contributed by atoms with Crippen LogP contribution in [0.2, 0.25) is 5.02 Å². The molecular formula is C18H19ClN2O. The highest BCUT2D eigenvalue weighted by molar-refractivity contribution is 6.30. The van der Waals surface area contributed by atoms with Crippen LogP contribution in [-0.4, -0.2) is 30.4 Å². The van der Waals surface area contributed by atoms with Crippen LogP contribution < -0.4 is 5.73 Å². The van der Waals surface area contributed by atoms with Crippen molar-refractivity contribution in [1.82, 2.24) is 4.90 Å². The lowest BCUT2D eigenvalue weighted by atomic mass is 9.89. The Hall–Kier alpha value is -1.84. The standard InChI is InChI=1S/C18H19ClN2O/c19-16-8-6-14(7-9-16)18(22)21-11-15(10-20)17(12-21)13-4-2-1-3-5-13/h1-9,15,17H,10-12,20H2/t15-,17+/m1/s1. The molecule has 1 aliphatic rings. The number of amides is 1. The average Bonchev–Trinajstić information content (AvgIpc) is 3.00. The van der Waals surface area contributed by atoms with E-state index in [0.29, 0.717) is 42.1 Å². The Kier molecular flexibility index (Phi) is 4.46. The van der Waals surface area contributed by atoms with E-state index in [-0.39, 0.29) is 5.91 Å². The summed E-state index contributed by atoms with van der Waals surface area (Å²) in [7, 11) is 0. The topological polar surface area (TPSA) is 46.3 Å². The summed E-state index contributed by atoms with van der Waals surface area (Å²) in [5.74, 6) is 0.662. The average molecular weight is 315 g/mol. The molecule has 4 heteroatoms. The summed E-state index contributed by atoms with van der Waals surface area (Å²) in [5.41, 5.74) is 7.86. The van der Waals surface area contributed by atoms with Crippen LogP contribution in [-0.2, 0) is 0 Å². The van der Waals surface area contributed by atoms with Crippen molar-refractivity contribution in [2.75, 3.05) is 19.6 Å². The highest BCUT2D eigenvalue weighted by Crippen LogP contribution is 2.32. The molecule has 0 aliphatic carbocycles. The Morgan fingerprint density at radius 2 is 1.77 bits per heavy atom. The van der Waals surface area contributed by atoms with Crippen molar-refractivity contribution in [3.63, 3.8) is 0 Å². The summed E-state index contributed by atoms with van der Waals surface area (Å²) >= 11 is 5.88. The van der Waals surface area contributed by atoms with Crippen molar-refractivity contribution in [2.24, 2.45) is 11.7 Å². The maximum atomic E-state index is 12.6. The Labute approximate surface area is 135 Å². The zero-order valence-corrected chi connectivity index (χ0v) is 13.0. The Bertz CT molecular complexity index is 642. The van der Waals surface area contributed by atoms with E-state index in [9.17, 15) is 4.79 Å². The minimum absolute atomic E-state index is 0.0496. The largest absolute Gasteiger partial charge is 0.338 e. The van der Waals surface area contributed by atoms with Crippen LogP contribution in [0.4, 0.5) is 0 Å². The predicted octanol–water partition coefficient (Wildman–Crippen LogP) is 3.15. The summed E-state index contributed by atoms with van der Waals surface area (Å²) < 4.78 is 0. The smallest absolute Gasteiger partial charge is 0.253 e. The molecule has 1 heterocycles. The van der Waals surface area contributed by atoms with Crippen LogP contribution in [0.5, 0.6) is 0 Å². The van der Waals surface area contributed by atoms with Crippen molar-refractivity contribution in [3.8, 4) is 0 Å². The first-order chi connectivity index (χ1) is 10.7. The Morgan fingerprint density at radius 1 is 1.09 bits per heavy atom. The first-order valence-corrected chi connectivity index (χ1v) is 7.86. The first kappa shape index (κ1) is 15.1. The van der Waals surface area contributed by atoms with E-state index in [1.807, 2.05) is 23.1 Å². The molecule has 2 aromatic rings. The first-order valence-electron chi connectivity index (χ1n) is 7.49. The number of rotatable bonds is 3. The van der Waals surface area contributed by atoms with E-state index in [2.05, 4.69) is 12.1 Å². The highest BCUT2D eigenvalue weighted by Gasteiger charge is 2.35. The zero-order chi connectivity index (χ0) is 15.5. The Balaban J connectivity index is 1.79. The minimum Gasteiger partial charge on any atom is -0.338 e. The molecule has 3 nitrogen and oxygen atoms in total. The van der Waals surface area contributed by atoms with Gasteiger partial charge in [-0.05, 0) is 42.3 Å². The third kappa shape index (κ3) is 3.01. The lowest BCUT2D eigenvalue weighted by Gasteiger charge is -2.17. The number of nitrogens with two attached hydrogens (primary N) is 1. The van der Waals surface area contributed by atoms with E-state index in [1.54, 1.807) is 24.3 Å². The molecule has 0 saturated carbocycles. The molecule has 114 valence electrons. The van der Waals surface area contributed by atoms with Crippen molar-refractivity contribution < 1.29 is 4.79 Å². The van der Waals surface area contributed by atoms with Crippen molar-refractivity contribution in [1.29, 1.82) is 0 Å². The third-order valence-corrected chi connectivity index (χ3v) is 4.60. The number of likely N-dealkylation sites (tertiary alicyclic amines) is 1. The monoisotopic (exact) mass is 314 g/mol. The van der Waals surface area contributed by atoms with E-state index in [0.717, 1.165) is 0 Å². The maximum Gasteiger partial charge on any atom is 0.253 e. The van der Waals surface area contributed by atoms with Gasteiger partial charge in [0.25, 0.3) is 5.91 Å². The van der Waals surface area contributed by atoms with Gasteiger partial charge >= 0.3 is 0 Å². The van der Waals surface area contributed by atoms with Gasteiger partial charge in [-0.3, -0.25) is 4.79 Å². The van der Waals surface area contributed by atoms with Gasteiger partial charge in [0.15, 0.2) is 0 Å². The number of hydrogen-bond acceptors (Lipinski definition) is 2. The van der Waals surface area contributed by atoms with Crippen LogP contribution in [0.15, 0.2) is 54.6 Å². The molecule has 1 fully saturated rings. The summed E-state index contributed by atoms with van der Waals surface area (Å²) in [4.78, 5) is 14.5. The minimum atomic E-state index is 0.0496. The molecule has 2 aromatic carbocycles. The number of benzene rings is 2. The van der Waals surface area contributed by atoms with E-state index in [1.165, 1.54) is 5.56 Å². The quantitative estimate of drug-likeness (QED) is 0.946. The van der Waals surface area contributed by atoms with Crippen LogP contribution in [0.3, 0.4) is 0 Å². The fourth-order valence-corrected chi connectivity index (χ4v) is 3.25. The SMILES string of the molecule is NC[C@@H]1CN(C(=O)c2ccc(Cl)cc2)C[C@H]1c1ccccc1. The Morgan fingerprint density at radius 3 is 2.41 bits per heavy atom. The summed E-state index contributed by atoms with van der Waals surface area (Å²) in [6.07, 6.45) is 0. The van der Waals surface area contributed by atoms with E-state index in [4.69, 9.17) is 17.3 Å².